The lowest BCUT2D eigenvalue weighted by atomic mass is 10.1. The highest BCUT2D eigenvalue weighted by Crippen LogP contribution is 2.16. The van der Waals surface area contributed by atoms with Crippen LogP contribution >= 0.6 is 0 Å². The molecular formula is C13H19NO. The number of hydrogen-bond donors (Lipinski definition) is 1. The van der Waals surface area contributed by atoms with Gasteiger partial charge < -0.3 is 9.78 Å². The third-order valence-electron chi connectivity index (χ3n) is 1.88. The van der Waals surface area contributed by atoms with Crippen molar-refractivity contribution in [3.05, 3.63) is 35.7 Å². The predicted octanol–water partition coefficient (Wildman–Crippen LogP) is 3.46. The number of nitrogens with one attached hydrogen (secondary N) is 1. The second-order valence-corrected chi connectivity index (χ2v) is 2.72. The molecular weight excluding hydrogens is 186 g/mol. The van der Waals surface area contributed by atoms with Gasteiger partial charge in [0, 0.05) is 23.9 Å². The van der Waals surface area contributed by atoms with Gasteiger partial charge in [-0.15, -0.1) is 0 Å². The van der Waals surface area contributed by atoms with Crippen molar-refractivity contribution in [2.24, 2.45) is 0 Å². The van der Waals surface area contributed by atoms with E-state index in [0.29, 0.717) is 6.42 Å². The summed E-state index contributed by atoms with van der Waals surface area (Å²) in [6.07, 6.45) is 8.87. The van der Waals surface area contributed by atoms with E-state index in [2.05, 4.69) is 11.6 Å². The normalized spacial score (nSPS) is 9.53. The molecule has 0 aliphatic rings. The number of carbonyl (C=O) groups excluding carboxylic acids is 1. The Labute approximate surface area is 91.7 Å². The largest absolute Gasteiger partial charge is 0.361 e. The molecule has 1 rings (SSSR count). The average molecular weight is 205 g/mol. The lowest BCUT2D eigenvalue weighted by molar-refractivity contribution is -0.107. The van der Waals surface area contributed by atoms with E-state index in [-0.39, 0.29) is 0 Å². The van der Waals surface area contributed by atoms with Crippen molar-refractivity contribution in [2.45, 2.75) is 27.2 Å². The van der Waals surface area contributed by atoms with Gasteiger partial charge in [-0.25, -0.2) is 0 Å². The van der Waals surface area contributed by atoms with E-state index in [1.165, 1.54) is 0 Å². The van der Waals surface area contributed by atoms with Gasteiger partial charge in [-0.05, 0) is 18.6 Å². The van der Waals surface area contributed by atoms with E-state index in [0.717, 1.165) is 23.1 Å². The molecule has 1 aromatic rings. The summed E-state index contributed by atoms with van der Waals surface area (Å²) in [6.45, 7) is 9.67. The standard InChI is InChI=1S/C11H13NO.C2H6/c1-3-5-11-10(4-2)9(6-7-13)8-12-11;1-2/h3-5,7-8,12H,2,6H2,1H3;1-2H3/b5-3-;. The van der Waals surface area contributed by atoms with Gasteiger partial charge in [0.1, 0.15) is 6.29 Å². The van der Waals surface area contributed by atoms with Crippen molar-refractivity contribution < 1.29 is 4.79 Å². The summed E-state index contributed by atoms with van der Waals surface area (Å²) < 4.78 is 0. The molecule has 2 heteroatoms. The Morgan fingerprint density at radius 2 is 2.13 bits per heavy atom. The van der Waals surface area contributed by atoms with Crippen LogP contribution in [0.2, 0.25) is 0 Å². The average Bonchev–Trinajstić information content (AvgIpc) is 2.65. The molecule has 0 fully saturated rings. The molecule has 0 saturated heterocycles. The molecule has 1 N–H and O–H groups in total. The van der Waals surface area contributed by atoms with Crippen LogP contribution in [0.4, 0.5) is 0 Å². The molecule has 1 heterocycles. The highest BCUT2D eigenvalue weighted by Gasteiger charge is 2.04. The van der Waals surface area contributed by atoms with Crippen LogP contribution in [0.5, 0.6) is 0 Å². The van der Waals surface area contributed by atoms with Crippen molar-refractivity contribution in [3.63, 3.8) is 0 Å². The number of rotatable bonds is 4. The summed E-state index contributed by atoms with van der Waals surface area (Å²) in [7, 11) is 0. The molecule has 0 atom stereocenters. The number of allylic oxidation sites excluding steroid dienone is 1. The zero-order chi connectivity index (χ0) is 11.7. The summed E-state index contributed by atoms with van der Waals surface area (Å²) in [5.74, 6) is 0. The maximum absolute atomic E-state index is 10.3. The topological polar surface area (TPSA) is 32.9 Å². The van der Waals surface area contributed by atoms with Crippen LogP contribution in [0.25, 0.3) is 12.2 Å². The molecule has 15 heavy (non-hydrogen) atoms. The van der Waals surface area contributed by atoms with Crippen molar-refractivity contribution >= 4 is 18.4 Å². The summed E-state index contributed by atoms with van der Waals surface area (Å²) in [6, 6.07) is 0. The molecule has 0 aliphatic carbocycles. The van der Waals surface area contributed by atoms with Crippen LogP contribution in [0.1, 0.15) is 37.6 Å². The van der Waals surface area contributed by atoms with E-state index in [4.69, 9.17) is 0 Å². The zero-order valence-electron chi connectivity index (χ0n) is 9.71. The first-order chi connectivity index (χ1) is 7.33. The van der Waals surface area contributed by atoms with Crippen molar-refractivity contribution in [1.29, 1.82) is 0 Å². The Morgan fingerprint density at radius 3 is 2.60 bits per heavy atom. The molecule has 0 saturated carbocycles. The van der Waals surface area contributed by atoms with Gasteiger partial charge in [0.25, 0.3) is 0 Å². The molecule has 0 bridgehead atoms. The molecule has 0 aliphatic heterocycles. The Balaban J connectivity index is 0.000000921. The maximum atomic E-state index is 10.3. The van der Waals surface area contributed by atoms with Gasteiger partial charge in [0.05, 0.1) is 0 Å². The van der Waals surface area contributed by atoms with Crippen LogP contribution < -0.4 is 0 Å². The summed E-state index contributed by atoms with van der Waals surface area (Å²) >= 11 is 0. The lowest BCUT2D eigenvalue weighted by Gasteiger charge is -1.94. The van der Waals surface area contributed by atoms with E-state index >= 15 is 0 Å². The highest BCUT2D eigenvalue weighted by molar-refractivity contribution is 5.68. The first kappa shape index (κ1) is 13.4. The molecule has 0 spiro atoms. The zero-order valence-corrected chi connectivity index (χ0v) is 9.71. The second kappa shape index (κ2) is 7.80. The lowest BCUT2D eigenvalue weighted by Crippen LogP contribution is -1.85. The van der Waals surface area contributed by atoms with E-state index in [9.17, 15) is 4.79 Å². The Kier molecular flexibility index (Phi) is 6.98. The monoisotopic (exact) mass is 205 g/mol. The first-order valence-corrected chi connectivity index (χ1v) is 5.22. The Bertz CT molecular complexity index is 334. The van der Waals surface area contributed by atoms with Crippen molar-refractivity contribution in [1.82, 2.24) is 4.98 Å². The predicted molar refractivity (Wildman–Crippen MR) is 66.7 cm³/mol. The molecule has 0 aromatic carbocycles. The van der Waals surface area contributed by atoms with E-state index in [1.54, 1.807) is 6.08 Å². The fourth-order valence-corrected chi connectivity index (χ4v) is 1.30. The van der Waals surface area contributed by atoms with Crippen LogP contribution in [0.15, 0.2) is 18.9 Å². The second-order valence-electron chi connectivity index (χ2n) is 2.72. The van der Waals surface area contributed by atoms with Crippen LogP contribution in [0, 0.1) is 0 Å². The van der Waals surface area contributed by atoms with Crippen LogP contribution in [-0.2, 0) is 11.2 Å². The molecule has 1 aromatic heterocycles. The quantitative estimate of drug-likeness (QED) is 0.750. The van der Waals surface area contributed by atoms with Crippen molar-refractivity contribution in [2.75, 3.05) is 0 Å². The molecule has 82 valence electrons. The minimum Gasteiger partial charge on any atom is -0.361 e. The molecule has 0 unspecified atom stereocenters. The number of H-pyrrole nitrogens is 1. The van der Waals surface area contributed by atoms with Gasteiger partial charge in [0.2, 0.25) is 0 Å². The summed E-state index contributed by atoms with van der Waals surface area (Å²) in [5, 5.41) is 0. The number of carbonyl (C=O) groups is 1. The van der Waals surface area contributed by atoms with Gasteiger partial charge in [-0.1, -0.05) is 32.6 Å². The minimum atomic E-state index is 0.440. The van der Waals surface area contributed by atoms with E-state index in [1.807, 2.05) is 39.1 Å². The maximum Gasteiger partial charge on any atom is 0.124 e. The number of aromatic nitrogens is 1. The smallest absolute Gasteiger partial charge is 0.124 e. The fourth-order valence-electron chi connectivity index (χ4n) is 1.30. The van der Waals surface area contributed by atoms with Crippen molar-refractivity contribution in [3.8, 4) is 0 Å². The van der Waals surface area contributed by atoms with Crippen LogP contribution in [0.3, 0.4) is 0 Å². The first-order valence-electron chi connectivity index (χ1n) is 5.22. The third kappa shape index (κ3) is 3.58. The van der Waals surface area contributed by atoms with Gasteiger partial charge in [-0.3, -0.25) is 0 Å². The number of hydrogen-bond acceptors (Lipinski definition) is 1. The summed E-state index contributed by atoms with van der Waals surface area (Å²) in [5.41, 5.74) is 3.03. The molecule has 2 nitrogen and oxygen atoms in total. The fraction of sp³-hybridized carbons (Fsp3) is 0.308. The minimum absolute atomic E-state index is 0.440. The molecule has 0 radical (unpaired) electrons. The number of aromatic amines is 1. The Morgan fingerprint density at radius 1 is 1.47 bits per heavy atom. The van der Waals surface area contributed by atoms with Gasteiger partial charge in [-0.2, -0.15) is 0 Å². The molecule has 0 amide bonds. The van der Waals surface area contributed by atoms with Gasteiger partial charge in [0.15, 0.2) is 0 Å². The Hall–Kier alpha value is -1.57. The van der Waals surface area contributed by atoms with E-state index < -0.39 is 0 Å². The third-order valence-corrected chi connectivity index (χ3v) is 1.88. The highest BCUT2D eigenvalue weighted by atomic mass is 16.1. The number of aldehydes is 1. The van der Waals surface area contributed by atoms with Gasteiger partial charge >= 0.3 is 0 Å². The van der Waals surface area contributed by atoms with Crippen LogP contribution in [-0.4, -0.2) is 11.3 Å². The SMILES string of the molecule is C=Cc1c(CC=O)c[nH]c1/C=C\C.CC. The summed E-state index contributed by atoms with van der Waals surface area (Å²) in [4.78, 5) is 13.4.